The number of aryl methyl sites for hydroxylation is 2. The number of rotatable bonds is 3. The monoisotopic (exact) mass is 302 g/mol. The van der Waals surface area contributed by atoms with Gasteiger partial charge < -0.3 is 0 Å². The summed E-state index contributed by atoms with van der Waals surface area (Å²) in [5.74, 6) is 0. The first-order valence-corrected chi connectivity index (χ1v) is 9.69. The smallest absolute Gasteiger partial charge is 0.0349 e. The van der Waals surface area contributed by atoms with Crippen LogP contribution in [0.1, 0.15) is 70.7 Å². The third-order valence-electron chi connectivity index (χ3n) is 5.41. The quantitative estimate of drug-likeness (QED) is 0.550. The Kier molecular flexibility index (Phi) is 4.42. The van der Waals surface area contributed by atoms with E-state index in [0.29, 0.717) is 0 Å². The first-order valence-electron chi connectivity index (χ1n) is 8.21. The third kappa shape index (κ3) is 2.31. The van der Waals surface area contributed by atoms with Crippen molar-refractivity contribution < 1.29 is 0 Å². The summed E-state index contributed by atoms with van der Waals surface area (Å²) in [4.78, 5) is 0. The average molecular weight is 302 g/mol. The molecule has 1 aromatic rings. The normalized spacial score (nSPS) is 21.9. The van der Waals surface area contributed by atoms with Gasteiger partial charge in [-0.15, -0.1) is 0 Å². The summed E-state index contributed by atoms with van der Waals surface area (Å²) >= 11 is 0. The lowest BCUT2D eigenvalue weighted by Gasteiger charge is -2.43. The molecule has 0 aromatic heterocycles. The van der Waals surface area contributed by atoms with Crippen LogP contribution in [-0.4, -0.2) is 11.3 Å². The van der Waals surface area contributed by atoms with E-state index in [4.69, 9.17) is 0 Å². The molecule has 0 heterocycles. The lowest BCUT2D eigenvalue weighted by Crippen LogP contribution is -2.27. The Bertz CT molecular complexity index is 584. The van der Waals surface area contributed by atoms with Gasteiger partial charge in [-0.2, -0.15) is 0 Å². The fraction of sp³-hybridized carbons (Fsp3) is 0.600. The van der Waals surface area contributed by atoms with Crippen molar-refractivity contribution in [3.8, 4) is 0 Å². The van der Waals surface area contributed by atoms with Crippen LogP contribution >= 0.6 is 7.92 Å². The van der Waals surface area contributed by atoms with Crippen LogP contribution in [0.15, 0.2) is 17.7 Å². The number of allylic oxidation sites excluding steroid dienone is 2. The predicted molar refractivity (Wildman–Crippen MR) is 98.7 cm³/mol. The van der Waals surface area contributed by atoms with E-state index in [1.54, 1.807) is 16.7 Å². The maximum atomic E-state index is 2.52. The van der Waals surface area contributed by atoms with Crippen LogP contribution in [-0.2, 0) is 5.16 Å². The first kappa shape index (κ1) is 16.8. The van der Waals surface area contributed by atoms with Gasteiger partial charge in [-0.3, -0.25) is 0 Å². The molecule has 1 heteroatoms. The zero-order valence-corrected chi connectivity index (χ0v) is 16.2. The van der Waals surface area contributed by atoms with Gasteiger partial charge in [-0.25, -0.2) is 0 Å². The summed E-state index contributed by atoms with van der Waals surface area (Å²) in [5.41, 5.74) is 10.7. The molecule has 0 spiro atoms. The molecule has 1 aliphatic rings. The van der Waals surface area contributed by atoms with Crippen LogP contribution in [0, 0.1) is 13.8 Å². The number of hydrogen-bond acceptors (Lipinski definition) is 0. The molecule has 0 saturated carbocycles. The lowest BCUT2D eigenvalue weighted by atomic mass is 9.91. The van der Waals surface area contributed by atoms with E-state index in [-0.39, 0.29) is 13.1 Å². The molecule has 0 amide bonds. The van der Waals surface area contributed by atoms with Gasteiger partial charge in [0, 0.05) is 5.16 Å². The van der Waals surface area contributed by atoms with Crippen molar-refractivity contribution >= 4 is 13.5 Å². The molecule has 0 radical (unpaired) electrons. The maximum absolute atomic E-state index is 2.52. The largest absolute Gasteiger partial charge is 0.0864 e. The fourth-order valence-corrected chi connectivity index (χ4v) is 8.97. The highest BCUT2D eigenvalue weighted by molar-refractivity contribution is 7.60. The Hall–Kier alpha value is -0.610. The molecule has 0 aliphatic heterocycles. The van der Waals surface area contributed by atoms with Gasteiger partial charge in [0.05, 0.1) is 0 Å². The van der Waals surface area contributed by atoms with E-state index in [0.717, 1.165) is 11.3 Å². The van der Waals surface area contributed by atoms with Gasteiger partial charge in [0.1, 0.15) is 0 Å². The summed E-state index contributed by atoms with van der Waals surface area (Å²) in [7, 11) is -0.101. The van der Waals surface area contributed by atoms with Gasteiger partial charge in [0.2, 0.25) is 0 Å². The Morgan fingerprint density at radius 2 is 1.33 bits per heavy atom. The van der Waals surface area contributed by atoms with Crippen molar-refractivity contribution in [1.29, 1.82) is 0 Å². The van der Waals surface area contributed by atoms with Crippen molar-refractivity contribution in [3.05, 3.63) is 40.0 Å². The molecule has 0 N–H and O–H groups in total. The minimum absolute atomic E-state index is 0.101. The summed E-state index contributed by atoms with van der Waals surface area (Å²) in [5, 5.41) is 0.243. The highest BCUT2D eigenvalue weighted by Gasteiger charge is 2.47. The average Bonchev–Trinajstić information content (AvgIpc) is 2.56. The second kappa shape index (κ2) is 5.54. The standard InChI is InChI=1S/C20H31P/c1-12(2)21(13(3)4)20(9)17(8)16(7)18-14(5)10-11-15(6)19(18)20/h10-13H,1-9H3/t20-/m1/s1. The molecule has 0 nitrogen and oxygen atoms in total. The van der Waals surface area contributed by atoms with E-state index >= 15 is 0 Å². The van der Waals surface area contributed by atoms with E-state index < -0.39 is 0 Å². The van der Waals surface area contributed by atoms with Gasteiger partial charge in [-0.05, 0) is 73.8 Å². The summed E-state index contributed by atoms with van der Waals surface area (Å²) < 4.78 is 0. The van der Waals surface area contributed by atoms with Crippen molar-refractivity contribution in [2.75, 3.05) is 0 Å². The summed E-state index contributed by atoms with van der Waals surface area (Å²) in [6.07, 6.45) is 0. The van der Waals surface area contributed by atoms with E-state index in [9.17, 15) is 0 Å². The number of fused-ring (bicyclic) bond motifs is 1. The van der Waals surface area contributed by atoms with Crippen molar-refractivity contribution in [3.63, 3.8) is 0 Å². The zero-order valence-electron chi connectivity index (χ0n) is 15.3. The Morgan fingerprint density at radius 1 is 0.857 bits per heavy atom. The molecule has 2 rings (SSSR count). The molecule has 0 fully saturated rings. The molecular weight excluding hydrogens is 271 g/mol. The Balaban J connectivity index is 2.81. The second-order valence-corrected chi connectivity index (χ2v) is 11.1. The molecule has 0 saturated heterocycles. The SMILES string of the molecule is CC1=C(C)[C@@](C)(P(C(C)C)C(C)C)c2c(C)ccc(C)c21. The van der Waals surface area contributed by atoms with Gasteiger partial charge in [0.15, 0.2) is 0 Å². The molecule has 0 unspecified atom stereocenters. The number of benzene rings is 1. The molecule has 21 heavy (non-hydrogen) atoms. The lowest BCUT2D eigenvalue weighted by molar-refractivity contribution is 0.773. The molecule has 1 aromatic carbocycles. The second-order valence-electron chi connectivity index (χ2n) is 7.37. The highest BCUT2D eigenvalue weighted by Crippen LogP contribution is 2.69. The first-order chi connectivity index (χ1) is 9.63. The highest BCUT2D eigenvalue weighted by atomic mass is 31.1. The minimum atomic E-state index is -0.101. The zero-order chi connectivity index (χ0) is 16.1. The van der Waals surface area contributed by atoms with Crippen LogP contribution in [0.25, 0.3) is 5.57 Å². The molecule has 0 bridgehead atoms. The van der Waals surface area contributed by atoms with E-state index in [2.05, 4.69) is 74.4 Å². The van der Waals surface area contributed by atoms with Crippen LogP contribution in [0.4, 0.5) is 0 Å². The fourth-order valence-electron chi connectivity index (χ4n) is 4.61. The maximum Gasteiger partial charge on any atom is 0.0349 e. The number of hydrogen-bond donors (Lipinski definition) is 0. The predicted octanol–water partition coefficient (Wildman–Crippen LogP) is 6.62. The Labute approximate surface area is 132 Å². The molecular formula is C20H31P. The van der Waals surface area contributed by atoms with Crippen LogP contribution in [0.2, 0.25) is 0 Å². The molecule has 1 atom stereocenters. The van der Waals surface area contributed by atoms with Crippen LogP contribution in [0.5, 0.6) is 0 Å². The topological polar surface area (TPSA) is 0 Å². The summed E-state index contributed by atoms with van der Waals surface area (Å²) in [6.45, 7) is 21.5. The van der Waals surface area contributed by atoms with E-state index in [1.807, 2.05) is 0 Å². The van der Waals surface area contributed by atoms with Gasteiger partial charge in [0.25, 0.3) is 0 Å². The molecule has 116 valence electrons. The van der Waals surface area contributed by atoms with Crippen LogP contribution in [0.3, 0.4) is 0 Å². The van der Waals surface area contributed by atoms with Crippen molar-refractivity contribution in [1.82, 2.24) is 0 Å². The Morgan fingerprint density at radius 3 is 1.81 bits per heavy atom. The molecule has 1 aliphatic carbocycles. The van der Waals surface area contributed by atoms with Crippen LogP contribution < -0.4 is 0 Å². The van der Waals surface area contributed by atoms with Gasteiger partial charge >= 0.3 is 0 Å². The third-order valence-corrected chi connectivity index (χ3v) is 9.22. The van der Waals surface area contributed by atoms with Gasteiger partial charge in [-0.1, -0.05) is 53.3 Å². The minimum Gasteiger partial charge on any atom is -0.0864 e. The van der Waals surface area contributed by atoms with Crippen molar-refractivity contribution in [2.24, 2.45) is 0 Å². The van der Waals surface area contributed by atoms with E-state index in [1.165, 1.54) is 16.7 Å². The van der Waals surface area contributed by atoms with Crippen molar-refractivity contribution in [2.45, 2.75) is 78.8 Å². The summed E-state index contributed by atoms with van der Waals surface area (Å²) in [6, 6.07) is 4.62.